The van der Waals surface area contributed by atoms with Gasteiger partial charge in [0.15, 0.2) is 0 Å². The molecule has 0 saturated carbocycles. The average Bonchev–Trinajstić information content (AvgIpc) is 3.05. The number of rotatable bonds is 5. The topological polar surface area (TPSA) is 69.4 Å². The molecule has 2 aromatic carbocycles. The molecule has 0 radical (unpaired) electrons. The number of aliphatic hydroxyl groups excluding tert-OH is 1. The Morgan fingerprint density at radius 1 is 1.04 bits per heavy atom. The quantitative estimate of drug-likeness (QED) is 0.784. The summed E-state index contributed by atoms with van der Waals surface area (Å²) in [6, 6.07) is 15.1. The molecule has 0 unspecified atom stereocenters. The molecular weight excluding hydrogens is 294 g/mol. The van der Waals surface area contributed by atoms with Crippen molar-refractivity contribution in [2.24, 2.45) is 0 Å². The van der Waals surface area contributed by atoms with Crippen molar-refractivity contribution in [1.29, 1.82) is 0 Å². The Kier molecular flexibility index (Phi) is 4.25. The van der Waals surface area contributed by atoms with E-state index in [9.17, 15) is 5.11 Å². The molecule has 3 aromatic rings. The number of hydrogen-bond acceptors (Lipinski definition) is 5. The number of methoxy groups -OCH3 is 2. The smallest absolute Gasteiger partial charge is 0.148 e. The predicted octanol–water partition coefficient (Wildman–Crippen LogP) is 2.44. The van der Waals surface area contributed by atoms with Crippen molar-refractivity contribution in [3.63, 3.8) is 0 Å². The van der Waals surface area contributed by atoms with Gasteiger partial charge in [0.05, 0.1) is 20.8 Å². The maximum Gasteiger partial charge on any atom is 0.148 e. The van der Waals surface area contributed by atoms with Gasteiger partial charge in [-0.15, -0.1) is 5.10 Å². The zero-order chi connectivity index (χ0) is 16.2. The first-order valence-corrected chi connectivity index (χ1v) is 7.11. The van der Waals surface area contributed by atoms with Crippen molar-refractivity contribution in [1.82, 2.24) is 15.0 Å². The molecule has 0 amide bonds. The fourth-order valence-electron chi connectivity index (χ4n) is 2.43. The van der Waals surface area contributed by atoms with Gasteiger partial charge in [0.2, 0.25) is 0 Å². The third-order valence-electron chi connectivity index (χ3n) is 3.55. The normalized spacial score (nSPS) is 10.6. The summed E-state index contributed by atoms with van der Waals surface area (Å²) < 4.78 is 12.3. The summed E-state index contributed by atoms with van der Waals surface area (Å²) in [5.41, 5.74) is 2.88. The van der Waals surface area contributed by atoms with E-state index in [1.165, 1.54) is 0 Å². The molecular formula is C17H17N3O3. The summed E-state index contributed by atoms with van der Waals surface area (Å²) in [7, 11) is 3.19. The van der Waals surface area contributed by atoms with Gasteiger partial charge < -0.3 is 14.6 Å². The van der Waals surface area contributed by atoms with Gasteiger partial charge in [-0.2, -0.15) is 0 Å². The number of aliphatic hydroxyl groups is 1. The molecule has 0 saturated heterocycles. The van der Waals surface area contributed by atoms with Crippen LogP contribution in [0.25, 0.3) is 16.9 Å². The summed E-state index contributed by atoms with van der Waals surface area (Å²) >= 11 is 0. The number of aromatic nitrogens is 3. The first-order valence-electron chi connectivity index (χ1n) is 7.11. The molecule has 1 aromatic heterocycles. The maximum absolute atomic E-state index is 9.58. The molecule has 0 spiro atoms. The second-order valence-electron chi connectivity index (χ2n) is 4.86. The SMILES string of the molecule is COc1ccc(-n2nnc(CO)c2-c2ccccc2)c(OC)c1. The highest BCUT2D eigenvalue weighted by Crippen LogP contribution is 2.32. The standard InChI is InChI=1S/C17H17N3O3/c1-22-13-8-9-15(16(10-13)23-2)20-17(14(11-21)18-19-20)12-6-4-3-5-7-12/h3-10,21H,11H2,1-2H3. The van der Waals surface area contributed by atoms with Gasteiger partial charge in [-0.1, -0.05) is 35.5 Å². The average molecular weight is 311 g/mol. The lowest BCUT2D eigenvalue weighted by Gasteiger charge is -2.12. The Morgan fingerprint density at radius 2 is 1.83 bits per heavy atom. The van der Waals surface area contributed by atoms with Crippen LogP contribution in [0.15, 0.2) is 48.5 Å². The Morgan fingerprint density at radius 3 is 2.48 bits per heavy atom. The van der Waals surface area contributed by atoms with E-state index in [0.717, 1.165) is 16.9 Å². The fourth-order valence-corrected chi connectivity index (χ4v) is 2.43. The van der Waals surface area contributed by atoms with E-state index in [1.807, 2.05) is 42.5 Å². The van der Waals surface area contributed by atoms with E-state index in [0.29, 0.717) is 17.2 Å². The Bertz CT molecular complexity index is 800. The van der Waals surface area contributed by atoms with Crippen LogP contribution in [0.1, 0.15) is 5.69 Å². The highest BCUT2D eigenvalue weighted by atomic mass is 16.5. The number of ether oxygens (including phenoxy) is 2. The van der Waals surface area contributed by atoms with Gasteiger partial charge >= 0.3 is 0 Å². The van der Waals surface area contributed by atoms with E-state index in [-0.39, 0.29) is 6.61 Å². The van der Waals surface area contributed by atoms with Crippen LogP contribution < -0.4 is 9.47 Å². The first kappa shape index (κ1) is 15.1. The van der Waals surface area contributed by atoms with Crippen LogP contribution in [0.3, 0.4) is 0 Å². The Balaban J connectivity index is 2.20. The molecule has 23 heavy (non-hydrogen) atoms. The molecule has 0 aliphatic rings. The Hall–Kier alpha value is -2.86. The number of hydrogen-bond donors (Lipinski definition) is 1. The highest BCUT2D eigenvalue weighted by Gasteiger charge is 2.18. The van der Waals surface area contributed by atoms with Crippen LogP contribution in [0.5, 0.6) is 11.5 Å². The molecule has 0 fully saturated rings. The van der Waals surface area contributed by atoms with Gasteiger partial charge in [0.25, 0.3) is 0 Å². The highest BCUT2D eigenvalue weighted by molar-refractivity contribution is 5.66. The summed E-state index contributed by atoms with van der Waals surface area (Å²) in [4.78, 5) is 0. The van der Waals surface area contributed by atoms with Crippen molar-refractivity contribution in [2.45, 2.75) is 6.61 Å². The van der Waals surface area contributed by atoms with E-state index < -0.39 is 0 Å². The van der Waals surface area contributed by atoms with E-state index in [4.69, 9.17) is 9.47 Å². The van der Waals surface area contributed by atoms with Gasteiger partial charge in [-0.25, -0.2) is 4.68 Å². The molecule has 3 rings (SSSR count). The van der Waals surface area contributed by atoms with Crippen molar-refractivity contribution < 1.29 is 14.6 Å². The largest absolute Gasteiger partial charge is 0.497 e. The van der Waals surface area contributed by atoms with Crippen LogP contribution >= 0.6 is 0 Å². The van der Waals surface area contributed by atoms with Gasteiger partial charge in [-0.05, 0) is 12.1 Å². The van der Waals surface area contributed by atoms with Crippen molar-refractivity contribution in [3.05, 3.63) is 54.2 Å². The molecule has 1 heterocycles. The van der Waals surface area contributed by atoms with Crippen LogP contribution in [-0.4, -0.2) is 34.3 Å². The predicted molar refractivity (Wildman–Crippen MR) is 85.8 cm³/mol. The lowest BCUT2D eigenvalue weighted by Crippen LogP contribution is -2.03. The zero-order valence-corrected chi connectivity index (χ0v) is 12.9. The second-order valence-corrected chi connectivity index (χ2v) is 4.86. The third kappa shape index (κ3) is 2.76. The number of nitrogens with zero attached hydrogens (tertiary/aromatic N) is 3. The molecule has 6 nitrogen and oxygen atoms in total. The van der Waals surface area contributed by atoms with E-state index in [2.05, 4.69) is 10.3 Å². The summed E-state index contributed by atoms with van der Waals surface area (Å²) in [6.45, 7) is -0.192. The van der Waals surface area contributed by atoms with Crippen LogP contribution in [-0.2, 0) is 6.61 Å². The van der Waals surface area contributed by atoms with Crippen LogP contribution in [0.2, 0.25) is 0 Å². The summed E-state index contributed by atoms with van der Waals surface area (Å²) in [6.07, 6.45) is 0. The van der Waals surface area contributed by atoms with E-state index in [1.54, 1.807) is 25.0 Å². The summed E-state index contributed by atoms with van der Waals surface area (Å²) in [5.74, 6) is 1.30. The van der Waals surface area contributed by atoms with Crippen molar-refractivity contribution in [2.75, 3.05) is 14.2 Å². The van der Waals surface area contributed by atoms with Crippen LogP contribution in [0, 0.1) is 0 Å². The van der Waals surface area contributed by atoms with Gasteiger partial charge in [0.1, 0.15) is 28.6 Å². The van der Waals surface area contributed by atoms with Gasteiger partial charge in [-0.3, -0.25) is 0 Å². The molecule has 6 heteroatoms. The Labute approximate surface area is 133 Å². The third-order valence-corrected chi connectivity index (χ3v) is 3.55. The minimum Gasteiger partial charge on any atom is -0.497 e. The van der Waals surface area contributed by atoms with Crippen molar-refractivity contribution in [3.8, 4) is 28.4 Å². The van der Waals surface area contributed by atoms with Gasteiger partial charge in [0, 0.05) is 11.6 Å². The molecule has 1 N–H and O–H groups in total. The molecule has 0 bridgehead atoms. The van der Waals surface area contributed by atoms with Crippen LogP contribution in [0.4, 0.5) is 0 Å². The monoisotopic (exact) mass is 311 g/mol. The molecule has 0 aliphatic heterocycles. The zero-order valence-electron chi connectivity index (χ0n) is 12.9. The fraction of sp³-hybridized carbons (Fsp3) is 0.176. The first-order chi connectivity index (χ1) is 11.3. The lowest BCUT2D eigenvalue weighted by atomic mass is 10.1. The van der Waals surface area contributed by atoms with E-state index >= 15 is 0 Å². The molecule has 0 aliphatic carbocycles. The minimum absolute atomic E-state index is 0.192. The van der Waals surface area contributed by atoms with Crippen molar-refractivity contribution >= 4 is 0 Å². The molecule has 0 atom stereocenters. The maximum atomic E-state index is 9.58. The second kappa shape index (κ2) is 6.50. The molecule has 118 valence electrons. The number of benzene rings is 2. The summed E-state index contributed by atoms with van der Waals surface area (Å²) in [5, 5.41) is 17.8. The lowest BCUT2D eigenvalue weighted by molar-refractivity contribution is 0.277. The minimum atomic E-state index is -0.192.